The molecule has 12 nitrogen and oxygen atoms in total. The van der Waals surface area contributed by atoms with Crippen LogP contribution >= 0.6 is 0 Å². The minimum absolute atomic E-state index is 0.0384. The normalized spacial score (nSPS) is 16.1. The molecule has 0 bridgehead atoms. The number of methoxy groups -OCH3 is 1. The van der Waals surface area contributed by atoms with E-state index < -0.39 is 35.6 Å². The van der Waals surface area contributed by atoms with Crippen LogP contribution in [0.2, 0.25) is 0 Å². The molecule has 2 amide bonds. The molecule has 1 aliphatic heterocycles. The summed E-state index contributed by atoms with van der Waals surface area (Å²) in [6.07, 6.45) is -3.32. The highest BCUT2D eigenvalue weighted by Crippen LogP contribution is 2.25. The maximum absolute atomic E-state index is 13.3. The monoisotopic (exact) mass is 519 g/mol. The third-order valence-electron chi connectivity index (χ3n) is 6.19. The number of nitrogens with two attached hydrogens (primary N) is 1. The lowest BCUT2D eigenvalue weighted by Crippen LogP contribution is -2.55. The summed E-state index contributed by atoms with van der Waals surface area (Å²) in [4.78, 5) is 51.7. The van der Waals surface area contributed by atoms with Crippen molar-refractivity contribution in [1.29, 1.82) is 5.26 Å². The van der Waals surface area contributed by atoms with Gasteiger partial charge in [0.25, 0.3) is 17.4 Å². The SMILES string of the molecule is COC(=O)Cn1c(=O)ccc2ccc(N3CCOC(C(O)C(=O)Nc4ccc(C#N)c(CN)c4)C3=O)cc21. The van der Waals surface area contributed by atoms with Gasteiger partial charge in [-0.05, 0) is 47.3 Å². The number of aliphatic hydroxyl groups excluding tert-OH is 1. The Balaban J connectivity index is 1.57. The number of carbonyl (C=O) groups is 3. The number of benzene rings is 2. The van der Waals surface area contributed by atoms with Crippen LogP contribution in [0.5, 0.6) is 0 Å². The molecule has 2 heterocycles. The summed E-state index contributed by atoms with van der Waals surface area (Å²) in [5.74, 6) is -2.13. The van der Waals surface area contributed by atoms with Crippen molar-refractivity contribution in [3.05, 3.63) is 70.0 Å². The van der Waals surface area contributed by atoms with E-state index in [1.807, 2.05) is 6.07 Å². The smallest absolute Gasteiger partial charge is 0.325 e. The van der Waals surface area contributed by atoms with Crippen LogP contribution in [-0.4, -0.2) is 59.9 Å². The highest BCUT2D eigenvalue weighted by molar-refractivity contribution is 6.04. The van der Waals surface area contributed by atoms with Gasteiger partial charge in [0.05, 0.1) is 30.9 Å². The molecule has 0 saturated carbocycles. The number of nitrogens with one attached hydrogen (secondary N) is 1. The summed E-state index contributed by atoms with van der Waals surface area (Å²) >= 11 is 0. The zero-order valence-electron chi connectivity index (χ0n) is 20.4. The number of anilines is 2. The molecule has 1 aromatic heterocycles. The van der Waals surface area contributed by atoms with Crippen LogP contribution in [0.1, 0.15) is 11.1 Å². The Kier molecular flexibility index (Phi) is 7.82. The molecule has 12 heteroatoms. The molecule has 0 radical (unpaired) electrons. The molecule has 4 rings (SSSR count). The fraction of sp³-hybridized carbons (Fsp3) is 0.269. The Morgan fingerprint density at radius 1 is 1.24 bits per heavy atom. The molecular formula is C26H25N5O7. The summed E-state index contributed by atoms with van der Waals surface area (Å²) in [6.45, 7) is -0.0566. The van der Waals surface area contributed by atoms with E-state index >= 15 is 0 Å². The van der Waals surface area contributed by atoms with E-state index in [-0.39, 0.29) is 26.2 Å². The Morgan fingerprint density at radius 3 is 2.71 bits per heavy atom. The van der Waals surface area contributed by atoms with Crippen molar-refractivity contribution >= 4 is 40.1 Å². The van der Waals surface area contributed by atoms with E-state index in [0.717, 1.165) is 0 Å². The van der Waals surface area contributed by atoms with Crippen LogP contribution in [0.3, 0.4) is 0 Å². The predicted octanol–water partition coefficient (Wildman–Crippen LogP) is 0.236. The van der Waals surface area contributed by atoms with Crippen molar-refractivity contribution in [3.63, 3.8) is 0 Å². The number of morpholine rings is 1. The van der Waals surface area contributed by atoms with E-state index in [1.54, 1.807) is 24.3 Å². The van der Waals surface area contributed by atoms with Crippen molar-refractivity contribution < 1.29 is 29.0 Å². The standard InChI is InChI=1S/C26H25N5O7/c1-37-22(33)14-31-20-11-19(6-3-15(20)4-7-21(31)32)30-8-9-38-24(26(30)36)23(34)25(35)29-18-5-2-16(12-27)17(10-18)13-28/h2-7,10-11,23-24,34H,8-9,13-14,28H2,1H3,(H,29,35). The number of nitriles is 1. The van der Waals surface area contributed by atoms with Gasteiger partial charge in [0, 0.05) is 30.5 Å². The third-order valence-corrected chi connectivity index (χ3v) is 6.19. The van der Waals surface area contributed by atoms with E-state index in [4.69, 9.17) is 15.7 Å². The molecule has 1 saturated heterocycles. The van der Waals surface area contributed by atoms with E-state index in [0.29, 0.717) is 33.4 Å². The van der Waals surface area contributed by atoms with Gasteiger partial charge in [-0.25, -0.2) is 0 Å². The topological polar surface area (TPSA) is 177 Å². The van der Waals surface area contributed by atoms with Crippen molar-refractivity contribution in [2.75, 3.05) is 30.5 Å². The van der Waals surface area contributed by atoms with Crippen LogP contribution < -0.4 is 21.5 Å². The lowest BCUT2D eigenvalue weighted by atomic mass is 10.1. The number of hydrogen-bond donors (Lipinski definition) is 3. The summed E-state index contributed by atoms with van der Waals surface area (Å²) in [5.41, 5.74) is 7.21. The zero-order chi connectivity index (χ0) is 27.4. The Morgan fingerprint density at radius 2 is 2.00 bits per heavy atom. The van der Waals surface area contributed by atoms with Gasteiger partial charge in [-0.3, -0.25) is 23.7 Å². The molecule has 0 spiro atoms. The van der Waals surface area contributed by atoms with Gasteiger partial charge >= 0.3 is 5.97 Å². The highest BCUT2D eigenvalue weighted by Gasteiger charge is 2.39. The fourth-order valence-electron chi connectivity index (χ4n) is 4.19. The first-order valence-corrected chi connectivity index (χ1v) is 11.6. The Bertz CT molecular complexity index is 1510. The number of hydrogen-bond acceptors (Lipinski definition) is 9. The second kappa shape index (κ2) is 11.2. The molecule has 4 N–H and O–H groups in total. The zero-order valence-corrected chi connectivity index (χ0v) is 20.4. The number of esters is 1. The average Bonchev–Trinajstić information content (AvgIpc) is 2.93. The molecule has 2 atom stereocenters. The maximum Gasteiger partial charge on any atom is 0.325 e. The van der Waals surface area contributed by atoms with Gasteiger partial charge in [0.15, 0.2) is 12.2 Å². The third kappa shape index (κ3) is 5.25. The van der Waals surface area contributed by atoms with E-state index in [2.05, 4.69) is 10.1 Å². The van der Waals surface area contributed by atoms with Crippen LogP contribution in [0, 0.1) is 11.3 Å². The van der Waals surface area contributed by atoms with E-state index in [1.165, 1.54) is 40.8 Å². The lowest BCUT2D eigenvalue weighted by Gasteiger charge is -2.34. The molecule has 196 valence electrons. The van der Waals surface area contributed by atoms with Gasteiger partial charge in [-0.1, -0.05) is 6.07 Å². The number of pyridine rings is 1. The number of ether oxygens (including phenoxy) is 2. The second-order valence-corrected chi connectivity index (χ2v) is 8.48. The first-order chi connectivity index (χ1) is 18.3. The summed E-state index contributed by atoms with van der Waals surface area (Å²) in [7, 11) is 1.22. The number of aliphatic hydroxyl groups is 1. The minimum Gasteiger partial charge on any atom is -0.468 e. The summed E-state index contributed by atoms with van der Waals surface area (Å²) in [6, 6.07) is 14.4. The van der Waals surface area contributed by atoms with Gasteiger partial charge in [0.2, 0.25) is 0 Å². The maximum atomic E-state index is 13.3. The number of carbonyl (C=O) groups excluding carboxylic acids is 3. The van der Waals surface area contributed by atoms with Crippen molar-refractivity contribution in [3.8, 4) is 6.07 Å². The Labute approximate surface area is 216 Å². The van der Waals surface area contributed by atoms with Gasteiger partial charge in [-0.2, -0.15) is 5.26 Å². The number of amides is 2. The Hall–Kier alpha value is -4.57. The highest BCUT2D eigenvalue weighted by atomic mass is 16.5. The summed E-state index contributed by atoms with van der Waals surface area (Å²) in [5, 5.41) is 23.0. The second-order valence-electron chi connectivity index (χ2n) is 8.48. The molecule has 2 unspecified atom stereocenters. The van der Waals surface area contributed by atoms with Crippen LogP contribution in [0.4, 0.5) is 11.4 Å². The lowest BCUT2D eigenvalue weighted by molar-refractivity contribution is -0.150. The molecule has 2 aromatic carbocycles. The molecule has 1 aliphatic rings. The van der Waals surface area contributed by atoms with Gasteiger partial charge < -0.3 is 30.5 Å². The first-order valence-electron chi connectivity index (χ1n) is 11.6. The van der Waals surface area contributed by atoms with Crippen LogP contribution in [-0.2, 0) is 36.9 Å². The molecule has 3 aromatic rings. The molecular weight excluding hydrogens is 494 g/mol. The average molecular weight is 520 g/mol. The quantitative estimate of drug-likeness (QED) is 0.369. The number of rotatable bonds is 7. The first kappa shape index (κ1) is 26.5. The molecule has 1 fully saturated rings. The summed E-state index contributed by atoms with van der Waals surface area (Å²) < 4.78 is 11.4. The number of nitrogens with zero attached hydrogens (tertiary/aromatic N) is 3. The van der Waals surface area contributed by atoms with Crippen molar-refractivity contribution in [2.24, 2.45) is 5.73 Å². The molecule has 0 aliphatic carbocycles. The van der Waals surface area contributed by atoms with Gasteiger partial charge in [0.1, 0.15) is 6.54 Å². The van der Waals surface area contributed by atoms with Crippen LogP contribution in [0.15, 0.2) is 53.3 Å². The number of fused-ring (bicyclic) bond motifs is 1. The van der Waals surface area contributed by atoms with Gasteiger partial charge in [-0.15, -0.1) is 0 Å². The largest absolute Gasteiger partial charge is 0.468 e. The van der Waals surface area contributed by atoms with E-state index in [9.17, 15) is 24.3 Å². The van der Waals surface area contributed by atoms with Crippen LogP contribution in [0.25, 0.3) is 10.9 Å². The van der Waals surface area contributed by atoms with Crippen molar-refractivity contribution in [1.82, 2.24) is 4.57 Å². The number of aromatic nitrogens is 1. The minimum atomic E-state index is -1.83. The van der Waals surface area contributed by atoms with Crippen molar-refractivity contribution in [2.45, 2.75) is 25.3 Å². The molecule has 38 heavy (non-hydrogen) atoms. The predicted molar refractivity (Wildman–Crippen MR) is 136 cm³/mol. The fourth-order valence-corrected chi connectivity index (χ4v) is 4.19.